The molecule has 0 saturated carbocycles. The summed E-state index contributed by atoms with van der Waals surface area (Å²) in [5.41, 5.74) is 0. The molecule has 0 aliphatic carbocycles. The van der Waals surface area contributed by atoms with Crippen LogP contribution in [-0.4, -0.2) is 57.3 Å². The number of thiophene rings is 1. The summed E-state index contributed by atoms with van der Waals surface area (Å²) in [6.07, 6.45) is -0.0503. The van der Waals surface area contributed by atoms with Gasteiger partial charge in [0, 0.05) is 11.4 Å². The number of hydrogen-bond donors (Lipinski definition) is 2. The van der Waals surface area contributed by atoms with Crippen LogP contribution in [0.4, 0.5) is 0 Å². The molecule has 0 fully saturated rings. The quantitative estimate of drug-likeness (QED) is 0.336. The number of halogens is 1. The molecule has 1 aliphatic rings. The first kappa shape index (κ1) is 22.8. The van der Waals surface area contributed by atoms with E-state index in [1.807, 2.05) is 24.3 Å². The van der Waals surface area contributed by atoms with Crippen LogP contribution in [0.25, 0.3) is 0 Å². The summed E-state index contributed by atoms with van der Waals surface area (Å²) in [7, 11) is 4.18. The van der Waals surface area contributed by atoms with Crippen molar-refractivity contribution in [2.75, 3.05) is 40.3 Å². The van der Waals surface area contributed by atoms with Gasteiger partial charge in [0.05, 0.1) is 19.1 Å². The monoisotopic (exact) mass is 516 g/mol. The number of aliphatic imine (C=N–C) groups is 1. The Morgan fingerprint density at radius 2 is 2.00 bits per heavy atom. The lowest BCUT2D eigenvalue weighted by Gasteiger charge is -2.27. The predicted octanol–water partition coefficient (Wildman–Crippen LogP) is 3.36. The van der Waals surface area contributed by atoms with Crippen molar-refractivity contribution in [3.63, 3.8) is 0 Å². The molecule has 6 nitrogen and oxygen atoms in total. The Morgan fingerprint density at radius 3 is 2.68 bits per heavy atom. The zero-order valence-corrected chi connectivity index (χ0v) is 19.7. The van der Waals surface area contributed by atoms with Crippen molar-refractivity contribution < 1.29 is 9.47 Å². The molecule has 3 rings (SSSR count). The molecule has 2 aromatic rings. The summed E-state index contributed by atoms with van der Waals surface area (Å²) < 4.78 is 11.8. The number of nitrogens with one attached hydrogen (secondary N) is 2. The van der Waals surface area contributed by atoms with Gasteiger partial charge in [-0.05, 0) is 44.6 Å². The fourth-order valence-corrected chi connectivity index (χ4v) is 3.80. The first-order valence-electron chi connectivity index (χ1n) is 9.28. The minimum absolute atomic E-state index is 0. The zero-order valence-electron chi connectivity index (χ0n) is 16.6. The smallest absolute Gasteiger partial charge is 0.191 e. The molecule has 0 amide bonds. The lowest BCUT2D eigenvalue weighted by molar-refractivity contribution is 0.0936. The Bertz CT molecular complexity index is 740. The number of benzene rings is 1. The summed E-state index contributed by atoms with van der Waals surface area (Å²) in [5, 5.41) is 8.80. The molecule has 154 valence electrons. The van der Waals surface area contributed by atoms with Crippen molar-refractivity contribution in [2.45, 2.75) is 19.1 Å². The van der Waals surface area contributed by atoms with Gasteiger partial charge in [-0.1, -0.05) is 18.2 Å². The minimum atomic E-state index is -0.0503. The third-order valence-corrected chi connectivity index (χ3v) is 5.30. The topological polar surface area (TPSA) is 58.1 Å². The van der Waals surface area contributed by atoms with Gasteiger partial charge in [-0.3, -0.25) is 4.99 Å². The maximum absolute atomic E-state index is 6.01. The maximum Gasteiger partial charge on any atom is 0.191 e. The van der Waals surface area contributed by atoms with Crippen LogP contribution in [-0.2, 0) is 0 Å². The second-order valence-electron chi connectivity index (χ2n) is 6.59. The van der Waals surface area contributed by atoms with Gasteiger partial charge >= 0.3 is 0 Å². The van der Waals surface area contributed by atoms with Gasteiger partial charge in [0.15, 0.2) is 17.5 Å². The zero-order chi connectivity index (χ0) is 19.1. The van der Waals surface area contributed by atoms with Crippen molar-refractivity contribution in [1.29, 1.82) is 0 Å². The van der Waals surface area contributed by atoms with Crippen LogP contribution in [0.1, 0.15) is 17.8 Å². The summed E-state index contributed by atoms with van der Waals surface area (Å²) in [6.45, 7) is 4.72. The Balaban J connectivity index is 0.00000280. The number of fused-ring (bicyclic) bond motifs is 1. The number of hydrogen-bond acceptors (Lipinski definition) is 5. The highest BCUT2D eigenvalue weighted by atomic mass is 127. The highest BCUT2D eigenvalue weighted by Crippen LogP contribution is 2.30. The molecule has 1 aromatic heterocycles. The highest BCUT2D eigenvalue weighted by Gasteiger charge is 2.21. The average molecular weight is 516 g/mol. The molecule has 2 unspecified atom stereocenters. The van der Waals surface area contributed by atoms with Crippen molar-refractivity contribution in [3.05, 3.63) is 46.7 Å². The van der Waals surface area contributed by atoms with E-state index in [2.05, 4.69) is 54.1 Å². The standard InChI is InChI=1S/C20H28N4O2S.HI/c1-4-21-20(23-13-16(24(2)3)19-10-7-11-27-19)22-12-15-14-25-17-8-5-6-9-18(17)26-15;/h5-11,15-16H,4,12-14H2,1-3H3,(H2,21,22,23);1H. The Labute approximate surface area is 188 Å². The minimum Gasteiger partial charge on any atom is -0.486 e. The highest BCUT2D eigenvalue weighted by molar-refractivity contribution is 14.0. The van der Waals surface area contributed by atoms with Crippen molar-refractivity contribution in [2.24, 2.45) is 4.99 Å². The predicted molar refractivity (Wildman–Crippen MR) is 126 cm³/mol. The van der Waals surface area contributed by atoms with Gasteiger partial charge in [0.1, 0.15) is 12.7 Å². The summed E-state index contributed by atoms with van der Waals surface area (Å²) in [6, 6.07) is 12.3. The SMILES string of the molecule is CCNC(=NCC(c1cccs1)N(C)C)NCC1COc2ccccc2O1.I. The van der Waals surface area contributed by atoms with E-state index in [0.717, 1.165) is 24.0 Å². The Kier molecular flexibility index (Phi) is 9.33. The second kappa shape index (κ2) is 11.5. The van der Waals surface area contributed by atoms with Gasteiger partial charge in [0.2, 0.25) is 0 Å². The molecule has 0 saturated heterocycles. The van der Waals surface area contributed by atoms with Crippen LogP contribution in [0.5, 0.6) is 11.5 Å². The molecule has 0 radical (unpaired) electrons. The summed E-state index contributed by atoms with van der Waals surface area (Å²) in [5.74, 6) is 2.39. The van der Waals surface area contributed by atoms with Gasteiger partial charge in [-0.2, -0.15) is 0 Å². The van der Waals surface area contributed by atoms with Gasteiger partial charge < -0.3 is 25.0 Å². The van der Waals surface area contributed by atoms with E-state index in [1.165, 1.54) is 4.88 Å². The number of ether oxygens (including phenoxy) is 2. The molecular weight excluding hydrogens is 487 g/mol. The first-order valence-corrected chi connectivity index (χ1v) is 10.2. The van der Waals surface area contributed by atoms with Gasteiger partial charge in [-0.15, -0.1) is 35.3 Å². The molecule has 2 heterocycles. The van der Waals surface area contributed by atoms with Crippen LogP contribution in [0.2, 0.25) is 0 Å². The van der Waals surface area contributed by atoms with Crippen LogP contribution in [0.15, 0.2) is 46.8 Å². The third kappa shape index (κ3) is 6.25. The Morgan fingerprint density at radius 1 is 1.21 bits per heavy atom. The molecule has 0 spiro atoms. The van der Waals surface area contributed by atoms with Crippen LogP contribution in [0.3, 0.4) is 0 Å². The lowest BCUT2D eigenvalue weighted by atomic mass is 10.2. The van der Waals surface area contributed by atoms with Gasteiger partial charge in [-0.25, -0.2) is 0 Å². The molecule has 8 heteroatoms. The number of guanidine groups is 1. The van der Waals surface area contributed by atoms with E-state index >= 15 is 0 Å². The lowest BCUT2D eigenvalue weighted by Crippen LogP contribution is -2.45. The summed E-state index contributed by atoms with van der Waals surface area (Å²) >= 11 is 1.77. The molecule has 2 N–H and O–H groups in total. The molecule has 28 heavy (non-hydrogen) atoms. The summed E-state index contributed by atoms with van der Waals surface area (Å²) in [4.78, 5) is 8.30. The molecule has 1 aromatic carbocycles. The Hall–Kier alpha value is -1.52. The number of para-hydroxylation sites is 2. The van der Waals surface area contributed by atoms with Crippen molar-refractivity contribution in [3.8, 4) is 11.5 Å². The number of rotatable bonds is 7. The molecule has 1 aliphatic heterocycles. The van der Waals surface area contributed by atoms with E-state index < -0.39 is 0 Å². The maximum atomic E-state index is 6.01. The number of nitrogens with zero attached hydrogens (tertiary/aromatic N) is 2. The third-order valence-electron chi connectivity index (χ3n) is 4.33. The van der Waals surface area contributed by atoms with Crippen LogP contribution < -0.4 is 20.1 Å². The van der Waals surface area contributed by atoms with Crippen molar-refractivity contribution >= 4 is 41.3 Å². The van der Waals surface area contributed by atoms with E-state index in [1.54, 1.807) is 11.3 Å². The van der Waals surface area contributed by atoms with Crippen molar-refractivity contribution in [1.82, 2.24) is 15.5 Å². The average Bonchev–Trinajstić information content (AvgIpc) is 3.20. The fraction of sp³-hybridized carbons (Fsp3) is 0.450. The molecule has 0 bridgehead atoms. The number of likely N-dealkylation sites (N-methyl/N-ethyl adjacent to an activating group) is 1. The largest absolute Gasteiger partial charge is 0.486 e. The molecule has 2 atom stereocenters. The van der Waals surface area contributed by atoms with E-state index in [4.69, 9.17) is 14.5 Å². The normalized spacial score (nSPS) is 17.0. The van der Waals surface area contributed by atoms with E-state index in [9.17, 15) is 0 Å². The van der Waals surface area contributed by atoms with Crippen LogP contribution >= 0.6 is 35.3 Å². The van der Waals surface area contributed by atoms with E-state index in [-0.39, 0.29) is 36.1 Å². The van der Waals surface area contributed by atoms with E-state index in [0.29, 0.717) is 19.7 Å². The second-order valence-corrected chi connectivity index (χ2v) is 7.57. The van der Waals surface area contributed by atoms with Gasteiger partial charge in [0.25, 0.3) is 0 Å². The van der Waals surface area contributed by atoms with Crippen LogP contribution in [0, 0.1) is 0 Å². The molecular formula is C20H29IN4O2S. The fourth-order valence-electron chi connectivity index (χ4n) is 2.88. The first-order chi connectivity index (χ1) is 13.2.